The van der Waals surface area contributed by atoms with Gasteiger partial charge in [-0.05, 0) is 43.7 Å². The lowest BCUT2D eigenvalue weighted by atomic mass is 9.76. The first-order valence-corrected chi connectivity index (χ1v) is 7.25. The smallest absolute Gasteiger partial charge is 0.258 e. The summed E-state index contributed by atoms with van der Waals surface area (Å²) in [6.45, 7) is 2.24. The van der Waals surface area contributed by atoms with Crippen LogP contribution in [0.2, 0.25) is 0 Å². The molecule has 5 nitrogen and oxygen atoms in total. The quantitative estimate of drug-likeness (QED) is 0.929. The van der Waals surface area contributed by atoms with Gasteiger partial charge in [0.25, 0.3) is 5.89 Å². The minimum absolute atomic E-state index is 0.430. The van der Waals surface area contributed by atoms with Crippen LogP contribution in [0.1, 0.15) is 44.9 Å². The molecule has 0 unspecified atom stereocenters. The molecule has 1 fully saturated rings. The second-order valence-corrected chi connectivity index (χ2v) is 5.67. The van der Waals surface area contributed by atoms with Crippen molar-refractivity contribution in [3.05, 3.63) is 30.4 Å². The van der Waals surface area contributed by atoms with Crippen molar-refractivity contribution in [1.82, 2.24) is 15.1 Å². The molecule has 1 aliphatic carbocycles. The van der Waals surface area contributed by atoms with Crippen molar-refractivity contribution in [3.8, 4) is 11.5 Å². The molecule has 0 aliphatic heterocycles. The third-order valence-electron chi connectivity index (χ3n) is 4.37. The van der Waals surface area contributed by atoms with Crippen LogP contribution in [0, 0.1) is 5.92 Å². The van der Waals surface area contributed by atoms with Crippen molar-refractivity contribution in [2.75, 3.05) is 0 Å². The van der Waals surface area contributed by atoms with Crippen LogP contribution in [-0.4, -0.2) is 15.1 Å². The van der Waals surface area contributed by atoms with Gasteiger partial charge in [0.15, 0.2) is 5.82 Å². The molecular weight excluding hydrogens is 252 g/mol. The van der Waals surface area contributed by atoms with Gasteiger partial charge in [0, 0.05) is 18.0 Å². The molecule has 106 valence electrons. The van der Waals surface area contributed by atoms with Gasteiger partial charge in [0.2, 0.25) is 0 Å². The lowest BCUT2D eigenvalue weighted by Crippen LogP contribution is -2.41. The van der Waals surface area contributed by atoms with Gasteiger partial charge in [-0.2, -0.15) is 4.98 Å². The van der Waals surface area contributed by atoms with Gasteiger partial charge < -0.3 is 10.3 Å². The highest BCUT2D eigenvalue weighted by atomic mass is 16.5. The molecule has 2 heterocycles. The molecule has 2 aromatic rings. The van der Waals surface area contributed by atoms with E-state index in [1.807, 2.05) is 12.1 Å². The Morgan fingerprint density at radius 3 is 2.65 bits per heavy atom. The van der Waals surface area contributed by atoms with E-state index in [1.54, 1.807) is 12.4 Å². The van der Waals surface area contributed by atoms with E-state index >= 15 is 0 Å². The molecule has 0 amide bonds. The molecule has 2 aromatic heterocycles. The first-order valence-electron chi connectivity index (χ1n) is 7.25. The highest BCUT2D eigenvalue weighted by Crippen LogP contribution is 2.37. The van der Waals surface area contributed by atoms with Gasteiger partial charge in [0.05, 0.1) is 5.54 Å². The molecule has 3 rings (SSSR count). The van der Waals surface area contributed by atoms with Gasteiger partial charge in [-0.3, -0.25) is 4.98 Å². The Bertz CT molecular complexity index is 558. The first kappa shape index (κ1) is 13.2. The lowest BCUT2D eigenvalue weighted by molar-refractivity contribution is 0.216. The Kier molecular flexibility index (Phi) is 3.53. The fourth-order valence-electron chi connectivity index (χ4n) is 2.86. The van der Waals surface area contributed by atoms with Crippen molar-refractivity contribution in [3.63, 3.8) is 0 Å². The Labute approximate surface area is 118 Å². The zero-order chi connectivity index (χ0) is 14.0. The predicted molar refractivity (Wildman–Crippen MR) is 75.6 cm³/mol. The highest BCUT2D eigenvalue weighted by Gasteiger charge is 2.36. The number of hydrogen-bond acceptors (Lipinski definition) is 5. The Hall–Kier alpha value is -1.75. The van der Waals surface area contributed by atoms with Crippen LogP contribution in [0.3, 0.4) is 0 Å². The van der Waals surface area contributed by atoms with Crippen LogP contribution in [0.4, 0.5) is 0 Å². The van der Waals surface area contributed by atoms with Crippen LogP contribution in [0.25, 0.3) is 11.5 Å². The standard InChI is InChI=1S/C15H20N4O/c1-2-11-3-7-15(16,8-4-11)14-18-13(20-19-14)12-5-9-17-10-6-12/h5-6,9-11H,2-4,7-8,16H2,1H3. The Balaban J connectivity index is 1.80. The summed E-state index contributed by atoms with van der Waals surface area (Å²) < 4.78 is 5.35. The molecule has 0 atom stereocenters. The Morgan fingerprint density at radius 1 is 1.30 bits per heavy atom. The van der Waals surface area contributed by atoms with Crippen LogP contribution < -0.4 is 5.73 Å². The van der Waals surface area contributed by atoms with Crippen LogP contribution >= 0.6 is 0 Å². The van der Waals surface area contributed by atoms with Gasteiger partial charge >= 0.3 is 0 Å². The molecule has 0 bridgehead atoms. The minimum atomic E-state index is -0.430. The molecule has 1 aliphatic rings. The van der Waals surface area contributed by atoms with E-state index in [2.05, 4.69) is 22.0 Å². The van der Waals surface area contributed by atoms with Crippen molar-refractivity contribution in [2.24, 2.45) is 11.7 Å². The second-order valence-electron chi connectivity index (χ2n) is 5.67. The fraction of sp³-hybridized carbons (Fsp3) is 0.533. The van der Waals surface area contributed by atoms with Crippen LogP contribution in [0.15, 0.2) is 29.0 Å². The van der Waals surface area contributed by atoms with Crippen molar-refractivity contribution < 1.29 is 4.52 Å². The van der Waals surface area contributed by atoms with Crippen LogP contribution in [-0.2, 0) is 5.54 Å². The maximum absolute atomic E-state index is 6.49. The van der Waals surface area contributed by atoms with E-state index in [0.29, 0.717) is 11.7 Å². The van der Waals surface area contributed by atoms with Crippen molar-refractivity contribution >= 4 is 0 Å². The van der Waals surface area contributed by atoms with Gasteiger partial charge in [-0.1, -0.05) is 18.5 Å². The monoisotopic (exact) mass is 272 g/mol. The number of nitrogens with two attached hydrogens (primary N) is 1. The number of aromatic nitrogens is 3. The van der Waals surface area contributed by atoms with Crippen molar-refractivity contribution in [1.29, 1.82) is 0 Å². The number of rotatable bonds is 3. The summed E-state index contributed by atoms with van der Waals surface area (Å²) in [6.07, 6.45) is 8.80. The maximum Gasteiger partial charge on any atom is 0.258 e. The molecule has 0 radical (unpaired) electrons. The van der Waals surface area contributed by atoms with Crippen LogP contribution in [0.5, 0.6) is 0 Å². The number of hydrogen-bond donors (Lipinski definition) is 1. The number of pyridine rings is 1. The average molecular weight is 272 g/mol. The van der Waals surface area contributed by atoms with E-state index in [1.165, 1.54) is 6.42 Å². The summed E-state index contributed by atoms with van der Waals surface area (Å²) in [6, 6.07) is 3.71. The predicted octanol–water partition coefficient (Wildman–Crippen LogP) is 2.89. The van der Waals surface area contributed by atoms with E-state index in [-0.39, 0.29) is 0 Å². The topological polar surface area (TPSA) is 77.8 Å². The molecular formula is C15H20N4O. The zero-order valence-corrected chi connectivity index (χ0v) is 11.7. The summed E-state index contributed by atoms with van der Waals surface area (Å²) in [5.41, 5.74) is 6.94. The molecule has 1 saturated carbocycles. The highest BCUT2D eigenvalue weighted by molar-refractivity contribution is 5.51. The Morgan fingerprint density at radius 2 is 2.00 bits per heavy atom. The average Bonchev–Trinajstić information content (AvgIpc) is 3.00. The minimum Gasteiger partial charge on any atom is -0.334 e. The normalized spacial score (nSPS) is 26.6. The fourth-order valence-corrected chi connectivity index (χ4v) is 2.86. The molecule has 0 spiro atoms. The summed E-state index contributed by atoms with van der Waals surface area (Å²) in [7, 11) is 0. The molecule has 2 N–H and O–H groups in total. The summed E-state index contributed by atoms with van der Waals surface area (Å²) in [5, 5.41) is 4.11. The second kappa shape index (κ2) is 5.32. The molecule has 20 heavy (non-hydrogen) atoms. The maximum atomic E-state index is 6.49. The lowest BCUT2D eigenvalue weighted by Gasteiger charge is -2.34. The zero-order valence-electron chi connectivity index (χ0n) is 11.7. The van der Waals surface area contributed by atoms with E-state index in [0.717, 1.165) is 37.2 Å². The SMILES string of the molecule is CCC1CCC(N)(c2noc(-c3ccncc3)n2)CC1. The van der Waals surface area contributed by atoms with E-state index in [4.69, 9.17) is 10.3 Å². The largest absolute Gasteiger partial charge is 0.334 e. The first-order chi connectivity index (χ1) is 9.71. The van der Waals surface area contributed by atoms with E-state index in [9.17, 15) is 0 Å². The van der Waals surface area contributed by atoms with Crippen molar-refractivity contribution in [2.45, 2.75) is 44.6 Å². The summed E-state index contributed by atoms with van der Waals surface area (Å²) in [4.78, 5) is 8.48. The van der Waals surface area contributed by atoms with Gasteiger partial charge in [0.1, 0.15) is 0 Å². The third-order valence-corrected chi connectivity index (χ3v) is 4.37. The molecule has 0 aromatic carbocycles. The molecule has 5 heteroatoms. The summed E-state index contributed by atoms with van der Waals surface area (Å²) >= 11 is 0. The third kappa shape index (κ3) is 2.45. The van der Waals surface area contributed by atoms with E-state index < -0.39 is 5.54 Å². The molecule has 0 saturated heterocycles. The van der Waals surface area contributed by atoms with Gasteiger partial charge in [-0.25, -0.2) is 0 Å². The number of nitrogens with zero attached hydrogens (tertiary/aromatic N) is 3. The summed E-state index contributed by atoms with van der Waals surface area (Å²) in [5.74, 6) is 1.95. The van der Waals surface area contributed by atoms with Gasteiger partial charge in [-0.15, -0.1) is 0 Å².